The third-order valence-electron chi connectivity index (χ3n) is 5.09. The van der Waals surface area contributed by atoms with Gasteiger partial charge in [-0.05, 0) is 43.5 Å². The molecule has 1 aliphatic heterocycles. The molecule has 1 aliphatic carbocycles. The van der Waals surface area contributed by atoms with Gasteiger partial charge in [-0.3, -0.25) is 4.90 Å². The maximum atomic E-state index is 5.37. The normalized spacial score (nSPS) is 25.4. The Labute approximate surface area is 136 Å². The van der Waals surface area contributed by atoms with Gasteiger partial charge in [0, 0.05) is 35.7 Å². The van der Waals surface area contributed by atoms with Crippen LogP contribution in [0.5, 0.6) is 5.75 Å². The summed E-state index contributed by atoms with van der Waals surface area (Å²) < 4.78 is 6.54. The number of hydrogen-bond donors (Lipinski definition) is 1. The fourth-order valence-electron chi connectivity index (χ4n) is 3.71. The van der Waals surface area contributed by atoms with Crippen molar-refractivity contribution in [1.82, 2.24) is 10.2 Å². The van der Waals surface area contributed by atoms with Crippen LogP contribution in [0.1, 0.15) is 38.2 Å². The average molecular weight is 353 g/mol. The molecule has 1 atom stereocenters. The Hall–Kier alpha value is -0.580. The van der Waals surface area contributed by atoms with Crippen LogP contribution in [0.4, 0.5) is 0 Å². The van der Waals surface area contributed by atoms with Gasteiger partial charge in [-0.15, -0.1) is 0 Å². The minimum atomic E-state index is 0.373. The molecule has 2 aliphatic rings. The summed E-state index contributed by atoms with van der Waals surface area (Å²) in [5, 5.41) is 3.82. The van der Waals surface area contributed by atoms with Crippen molar-refractivity contribution in [3.63, 3.8) is 0 Å². The Bertz CT molecular complexity index is 500. The molecular formula is C17H25BrN2O. The van der Waals surface area contributed by atoms with Gasteiger partial charge >= 0.3 is 0 Å². The van der Waals surface area contributed by atoms with Crippen molar-refractivity contribution >= 4 is 15.9 Å². The molecule has 1 aromatic rings. The van der Waals surface area contributed by atoms with Crippen molar-refractivity contribution in [2.45, 2.75) is 50.7 Å². The molecule has 1 spiro atoms. The van der Waals surface area contributed by atoms with Crippen LogP contribution >= 0.6 is 15.9 Å². The van der Waals surface area contributed by atoms with Crippen molar-refractivity contribution in [3.05, 3.63) is 28.2 Å². The molecule has 0 aromatic heterocycles. The molecule has 4 heteroatoms. The van der Waals surface area contributed by atoms with E-state index in [1.165, 1.54) is 35.7 Å². The highest BCUT2D eigenvalue weighted by molar-refractivity contribution is 9.10. The first-order valence-electron chi connectivity index (χ1n) is 7.93. The van der Waals surface area contributed by atoms with E-state index < -0.39 is 0 Å². The van der Waals surface area contributed by atoms with Crippen LogP contribution in [0, 0.1) is 0 Å². The fourth-order valence-corrected chi connectivity index (χ4v) is 4.08. The van der Waals surface area contributed by atoms with E-state index in [4.69, 9.17) is 4.74 Å². The molecule has 2 fully saturated rings. The number of benzene rings is 1. The molecule has 3 nitrogen and oxygen atoms in total. The van der Waals surface area contributed by atoms with Crippen molar-refractivity contribution < 1.29 is 4.74 Å². The molecule has 1 saturated carbocycles. The number of nitrogens with zero attached hydrogens (tertiary/aromatic N) is 1. The van der Waals surface area contributed by atoms with Gasteiger partial charge in [0.15, 0.2) is 0 Å². The summed E-state index contributed by atoms with van der Waals surface area (Å²) in [6.07, 6.45) is 5.40. The van der Waals surface area contributed by atoms with Crippen molar-refractivity contribution in [1.29, 1.82) is 0 Å². The van der Waals surface area contributed by atoms with Crippen LogP contribution in [-0.4, -0.2) is 36.7 Å². The van der Waals surface area contributed by atoms with Crippen LogP contribution < -0.4 is 10.1 Å². The van der Waals surface area contributed by atoms with E-state index in [2.05, 4.69) is 45.2 Å². The van der Waals surface area contributed by atoms with E-state index in [1.807, 2.05) is 6.07 Å². The molecule has 1 aromatic carbocycles. The highest BCUT2D eigenvalue weighted by Gasteiger charge is 2.39. The third-order valence-corrected chi connectivity index (χ3v) is 5.86. The summed E-state index contributed by atoms with van der Waals surface area (Å²) in [6.45, 7) is 5.57. The predicted molar refractivity (Wildman–Crippen MR) is 89.8 cm³/mol. The topological polar surface area (TPSA) is 24.5 Å². The second-order valence-corrected chi connectivity index (χ2v) is 7.43. The lowest BCUT2D eigenvalue weighted by molar-refractivity contribution is 0.0824. The fraction of sp³-hybridized carbons (Fsp3) is 0.647. The number of piperazine rings is 1. The van der Waals surface area contributed by atoms with E-state index in [9.17, 15) is 0 Å². The first-order valence-corrected chi connectivity index (χ1v) is 8.73. The summed E-state index contributed by atoms with van der Waals surface area (Å²) >= 11 is 3.68. The van der Waals surface area contributed by atoms with Crippen LogP contribution in [0.3, 0.4) is 0 Å². The molecule has 116 valence electrons. The van der Waals surface area contributed by atoms with Gasteiger partial charge in [-0.25, -0.2) is 0 Å². The minimum absolute atomic E-state index is 0.373. The maximum Gasteiger partial charge on any atom is 0.119 e. The minimum Gasteiger partial charge on any atom is -0.497 e. The Morgan fingerprint density at radius 2 is 2.14 bits per heavy atom. The van der Waals surface area contributed by atoms with Gasteiger partial charge in [0.25, 0.3) is 0 Å². The molecule has 0 amide bonds. The number of halogens is 1. The zero-order valence-electron chi connectivity index (χ0n) is 13.0. The summed E-state index contributed by atoms with van der Waals surface area (Å²) in [7, 11) is 1.73. The van der Waals surface area contributed by atoms with E-state index in [1.54, 1.807) is 7.11 Å². The quantitative estimate of drug-likeness (QED) is 0.899. The van der Waals surface area contributed by atoms with Crippen LogP contribution in [0.25, 0.3) is 0 Å². The van der Waals surface area contributed by atoms with Gasteiger partial charge < -0.3 is 10.1 Å². The SMILES string of the molecule is COc1ccc(Br)c(CN2CC3(CCCC3)NCC2C)c1. The van der Waals surface area contributed by atoms with Crippen molar-refractivity contribution in [3.8, 4) is 5.75 Å². The second-order valence-electron chi connectivity index (χ2n) is 6.58. The van der Waals surface area contributed by atoms with E-state index in [0.717, 1.165) is 25.4 Å². The van der Waals surface area contributed by atoms with Crippen LogP contribution in [0.2, 0.25) is 0 Å². The highest BCUT2D eigenvalue weighted by atomic mass is 79.9. The van der Waals surface area contributed by atoms with Gasteiger partial charge in [0.05, 0.1) is 7.11 Å². The molecule has 1 N–H and O–H groups in total. The van der Waals surface area contributed by atoms with Gasteiger partial charge in [0.2, 0.25) is 0 Å². The Kier molecular flexibility index (Phi) is 4.57. The molecule has 0 radical (unpaired) electrons. The number of ether oxygens (including phenoxy) is 1. The monoisotopic (exact) mass is 352 g/mol. The molecule has 1 heterocycles. The smallest absolute Gasteiger partial charge is 0.119 e. The zero-order chi connectivity index (χ0) is 14.9. The van der Waals surface area contributed by atoms with Crippen LogP contribution in [0.15, 0.2) is 22.7 Å². The lowest BCUT2D eigenvalue weighted by atomic mass is 9.92. The lowest BCUT2D eigenvalue weighted by Gasteiger charge is -2.45. The Balaban J connectivity index is 1.76. The van der Waals surface area contributed by atoms with Gasteiger partial charge in [0.1, 0.15) is 5.75 Å². The number of rotatable bonds is 3. The number of hydrogen-bond acceptors (Lipinski definition) is 3. The van der Waals surface area contributed by atoms with Crippen molar-refractivity contribution in [2.75, 3.05) is 20.2 Å². The Morgan fingerprint density at radius 3 is 2.86 bits per heavy atom. The Morgan fingerprint density at radius 1 is 1.38 bits per heavy atom. The molecule has 1 saturated heterocycles. The number of methoxy groups -OCH3 is 1. The summed E-state index contributed by atoms with van der Waals surface area (Å²) in [5.74, 6) is 0.937. The van der Waals surface area contributed by atoms with E-state index in [0.29, 0.717) is 11.6 Å². The molecule has 3 rings (SSSR count). The predicted octanol–water partition coefficient (Wildman–Crippen LogP) is 3.56. The largest absolute Gasteiger partial charge is 0.497 e. The van der Waals surface area contributed by atoms with E-state index in [-0.39, 0.29) is 0 Å². The van der Waals surface area contributed by atoms with Crippen molar-refractivity contribution in [2.24, 2.45) is 0 Å². The first kappa shape index (κ1) is 15.3. The second kappa shape index (κ2) is 6.27. The third kappa shape index (κ3) is 3.27. The molecule has 21 heavy (non-hydrogen) atoms. The lowest BCUT2D eigenvalue weighted by Crippen LogP contribution is -2.62. The zero-order valence-corrected chi connectivity index (χ0v) is 14.6. The summed E-state index contributed by atoms with van der Waals surface area (Å²) in [6, 6.07) is 6.83. The highest BCUT2D eigenvalue weighted by Crippen LogP contribution is 2.34. The maximum absolute atomic E-state index is 5.37. The molecular weight excluding hydrogens is 328 g/mol. The average Bonchev–Trinajstić information content (AvgIpc) is 2.94. The molecule has 0 bridgehead atoms. The standard InChI is InChI=1S/C17H25BrN2O/c1-13-10-19-17(7-3-4-8-17)12-20(13)11-14-9-15(21-2)5-6-16(14)18/h5-6,9,13,19H,3-4,7-8,10-12H2,1-2H3. The van der Waals surface area contributed by atoms with Crippen LogP contribution in [-0.2, 0) is 6.54 Å². The van der Waals surface area contributed by atoms with Gasteiger partial charge in [-0.2, -0.15) is 0 Å². The summed E-state index contributed by atoms with van der Waals surface area (Å²) in [5.41, 5.74) is 1.69. The summed E-state index contributed by atoms with van der Waals surface area (Å²) in [4.78, 5) is 2.63. The number of nitrogens with one attached hydrogen (secondary N) is 1. The van der Waals surface area contributed by atoms with E-state index >= 15 is 0 Å². The van der Waals surface area contributed by atoms with Gasteiger partial charge in [-0.1, -0.05) is 28.8 Å². The first-order chi connectivity index (χ1) is 10.1. The molecule has 1 unspecified atom stereocenters.